The van der Waals surface area contributed by atoms with Crippen LogP contribution in [0.2, 0.25) is 0 Å². The quantitative estimate of drug-likeness (QED) is 0.861. The SMILES string of the molecule is Cc1cccc(C)c1N1CC(CCO)(C(=O)OC(C)(C)C)CC1=O. The number of nitrogens with zero attached hydrogens (tertiary/aromatic N) is 1. The van der Waals surface area contributed by atoms with Crippen LogP contribution in [0.3, 0.4) is 0 Å². The number of aliphatic hydroxyl groups is 1. The van der Waals surface area contributed by atoms with Crippen molar-refractivity contribution in [1.29, 1.82) is 0 Å². The summed E-state index contributed by atoms with van der Waals surface area (Å²) in [5, 5.41) is 9.45. The highest BCUT2D eigenvalue weighted by Crippen LogP contribution is 2.41. The number of amides is 1. The van der Waals surface area contributed by atoms with Crippen molar-refractivity contribution in [2.24, 2.45) is 5.41 Å². The standard InChI is InChI=1S/C19H27NO4/c1-13-7-6-8-14(2)16(13)20-12-19(9-10-21,11-15(20)22)17(23)24-18(3,4)5/h6-8,21H,9-12H2,1-5H3. The number of anilines is 1. The van der Waals surface area contributed by atoms with Gasteiger partial charge >= 0.3 is 5.97 Å². The van der Waals surface area contributed by atoms with Crippen molar-refractivity contribution in [1.82, 2.24) is 0 Å². The van der Waals surface area contributed by atoms with Crippen molar-refractivity contribution in [2.45, 2.75) is 53.1 Å². The first-order valence-corrected chi connectivity index (χ1v) is 8.30. The fourth-order valence-electron chi connectivity index (χ4n) is 3.27. The molecule has 0 spiro atoms. The molecular weight excluding hydrogens is 306 g/mol. The lowest BCUT2D eigenvalue weighted by molar-refractivity contribution is -0.168. The highest BCUT2D eigenvalue weighted by molar-refractivity contribution is 6.02. The van der Waals surface area contributed by atoms with E-state index in [9.17, 15) is 14.7 Å². The number of aryl methyl sites for hydroxylation is 2. The van der Waals surface area contributed by atoms with Crippen molar-refractivity contribution < 1.29 is 19.4 Å². The number of para-hydroxylation sites is 1. The summed E-state index contributed by atoms with van der Waals surface area (Å²) in [5.74, 6) is -0.516. The Morgan fingerprint density at radius 3 is 2.38 bits per heavy atom. The molecule has 0 bridgehead atoms. The summed E-state index contributed by atoms with van der Waals surface area (Å²) >= 11 is 0. The molecule has 1 aromatic rings. The van der Waals surface area contributed by atoms with Crippen LogP contribution in [0.5, 0.6) is 0 Å². The van der Waals surface area contributed by atoms with Crippen LogP contribution in [0.15, 0.2) is 18.2 Å². The van der Waals surface area contributed by atoms with E-state index in [1.54, 1.807) is 25.7 Å². The maximum atomic E-state index is 12.8. The zero-order valence-corrected chi connectivity index (χ0v) is 15.2. The lowest BCUT2D eigenvalue weighted by atomic mass is 9.83. The number of carbonyl (C=O) groups is 2. The molecule has 1 fully saturated rings. The molecule has 1 aliphatic rings. The van der Waals surface area contributed by atoms with Crippen molar-refractivity contribution in [3.8, 4) is 0 Å². The summed E-state index contributed by atoms with van der Waals surface area (Å²) in [7, 11) is 0. The molecule has 0 radical (unpaired) electrons. The van der Waals surface area contributed by atoms with Gasteiger partial charge in [0.2, 0.25) is 5.91 Å². The van der Waals surface area contributed by atoms with Crippen molar-refractivity contribution >= 4 is 17.6 Å². The number of hydrogen-bond donors (Lipinski definition) is 1. The summed E-state index contributed by atoms with van der Waals surface area (Å²) in [6.07, 6.45) is 0.283. The molecule has 0 saturated carbocycles. The Morgan fingerprint density at radius 2 is 1.88 bits per heavy atom. The molecule has 5 nitrogen and oxygen atoms in total. The molecule has 1 N–H and O–H groups in total. The molecule has 24 heavy (non-hydrogen) atoms. The molecule has 1 aromatic carbocycles. The van der Waals surface area contributed by atoms with Crippen LogP contribution in [0.4, 0.5) is 5.69 Å². The first-order valence-electron chi connectivity index (χ1n) is 8.30. The fourth-order valence-corrected chi connectivity index (χ4v) is 3.27. The minimum absolute atomic E-state index is 0.0657. The third kappa shape index (κ3) is 3.61. The molecule has 0 aliphatic carbocycles. The van der Waals surface area contributed by atoms with Gasteiger partial charge in [0, 0.05) is 25.3 Å². The maximum Gasteiger partial charge on any atom is 0.315 e. The summed E-state index contributed by atoms with van der Waals surface area (Å²) in [6, 6.07) is 5.85. The minimum Gasteiger partial charge on any atom is -0.459 e. The van der Waals surface area contributed by atoms with E-state index in [0.717, 1.165) is 16.8 Å². The molecule has 5 heteroatoms. The van der Waals surface area contributed by atoms with Gasteiger partial charge in [0.05, 0.1) is 5.41 Å². The van der Waals surface area contributed by atoms with Crippen LogP contribution in [-0.2, 0) is 14.3 Å². The Morgan fingerprint density at radius 1 is 1.29 bits per heavy atom. The Hall–Kier alpha value is -1.88. The van der Waals surface area contributed by atoms with Gasteiger partial charge in [-0.3, -0.25) is 9.59 Å². The minimum atomic E-state index is -0.992. The van der Waals surface area contributed by atoms with Crippen LogP contribution in [0.25, 0.3) is 0 Å². The fraction of sp³-hybridized carbons (Fsp3) is 0.579. The molecule has 1 amide bonds. The van der Waals surface area contributed by atoms with E-state index in [1.165, 1.54) is 0 Å². The summed E-state index contributed by atoms with van der Waals surface area (Å²) < 4.78 is 5.54. The molecule has 1 aliphatic heterocycles. The normalized spacial score (nSPS) is 21.2. The lowest BCUT2D eigenvalue weighted by Gasteiger charge is -2.30. The third-order valence-electron chi connectivity index (χ3n) is 4.38. The van der Waals surface area contributed by atoms with Crippen molar-refractivity contribution in [3.05, 3.63) is 29.3 Å². The van der Waals surface area contributed by atoms with Gasteiger partial charge in [-0.05, 0) is 52.2 Å². The van der Waals surface area contributed by atoms with E-state index in [4.69, 9.17) is 4.74 Å². The molecule has 0 aromatic heterocycles. The molecule has 1 saturated heterocycles. The van der Waals surface area contributed by atoms with Gasteiger partial charge in [-0.25, -0.2) is 0 Å². The second-order valence-electron chi connectivity index (χ2n) is 7.65. The highest BCUT2D eigenvalue weighted by Gasteiger charge is 2.51. The Balaban J connectivity index is 2.37. The number of ether oxygens (including phenoxy) is 1. The van der Waals surface area contributed by atoms with Gasteiger partial charge in [-0.2, -0.15) is 0 Å². The van der Waals surface area contributed by atoms with E-state index in [0.29, 0.717) is 0 Å². The van der Waals surface area contributed by atoms with Gasteiger partial charge in [-0.15, -0.1) is 0 Å². The van der Waals surface area contributed by atoms with Gasteiger partial charge < -0.3 is 14.7 Å². The van der Waals surface area contributed by atoms with Gasteiger partial charge in [0.25, 0.3) is 0 Å². The lowest BCUT2D eigenvalue weighted by Crippen LogP contribution is -2.41. The number of esters is 1. The second-order valence-corrected chi connectivity index (χ2v) is 7.65. The monoisotopic (exact) mass is 333 g/mol. The van der Waals surface area contributed by atoms with Crippen LogP contribution in [0, 0.1) is 19.3 Å². The average Bonchev–Trinajstić information content (AvgIpc) is 2.75. The smallest absolute Gasteiger partial charge is 0.315 e. The van der Waals surface area contributed by atoms with E-state index >= 15 is 0 Å². The van der Waals surface area contributed by atoms with Gasteiger partial charge in [0.15, 0.2) is 0 Å². The first kappa shape index (κ1) is 18.5. The Labute approximate surface area is 143 Å². The number of benzene rings is 1. The average molecular weight is 333 g/mol. The van der Waals surface area contributed by atoms with Gasteiger partial charge in [0.1, 0.15) is 5.60 Å². The molecule has 132 valence electrons. The summed E-state index contributed by atoms with van der Waals surface area (Å²) in [4.78, 5) is 27.1. The van der Waals surface area contributed by atoms with Gasteiger partial charge in [-0.1, -0.05) is 18.2 Å². The van der Waals surface area contributed by atoms with Crippen LogP contribution in [0.1, 0.15) is 44.7 Å². The van der Waals surface area contributed by atoms with Crippen molar-refractivity contribution in [3.63, 3.8) is 0 Å². The maximum absolute atomic E-state index is 12.8. The van der Waals surface area contributed by atoms with Crippen LogP contribution < -0.4 is 4.90 Å². The van der Waals surface area contributed by atoms with E-state index < -0.39 is 17.0 Å². The zero-order valence-electron chi connectivity index (χ0n) is 15.2. The van der Waals surface area contributed by atoms with Crippen LogP contribution >= 0.6 is 0 Å². The molecular formula is C19H27NO4. The first-order chi connectivity index (χ1) is 11.1. The van der Waals surface area contributed by atoms with E-state index in [-0.39, 0.29) is 31.9 Å². The topological polar surface area (TPSA) is 66.8 Å². The second kappa shape index (κ2) is 6.55. The Kier molecular flexibility index (Phi) is 5.04. The van der Waals surface area contributed by atoms with Crippen LogP contribution in [-0.4, -0.2) is 35.7 Å². The van der Waals surface area contributed by atoms with E-state index in [2.05, 4.69) is 0 Å². The summed E-state index contributed by atoms with van der Waals surface area (Å²) in [6.45, 7) is 9.40. The molecule has 1 heterocycles. The predicted octanol–water partition coefficient (Wildman–Crippen LogP) is 2.75. The number of rotatable bonds is 4. The Bertz CT molecular complexity index is 627. The molecule has 2 rings (SSSR count). The number of carbonyl (C=O) groups excluding carboxylic acids is 2. The predicted molar refractivity (Wildman–Crippen MR) is 92.9 cm³/mol. The number of aliphatic hydroxyl groups excluding tert-OH is 1. The third-order valence-corrected chi connectivity index (χ3v) is 4.38. The highest BCUT2D eigenvalue weighted by atomic mass is 16.6. The zero-order chi connectivity index (χ0) is 18.1. The molecule has 1 unspecified atom stereocenters. The molecule has 1 atom stereocenters. The number of hydrogen-bond acceptors (Lipinski definition) is 4. The van der Waals surface area contributed by atoms with E-state index in [1.807, 2.05) is 32.0 Å². The largest absolute Gasteiger partial charge is 0.459 e. The summed E-state index contributed by atoms with van der Waals surface area (Å²) in [5.41, 5.74) is 1.22. The van der Waals surface area contributed by atoms with Crippen molar-refractivity contribution in [2.75, 3.05) is 18.1 Å².